The molecule has 0 unspecified atom stereocenters. The van der Waals surface area contributed by atoms with Crippen molar-refractivity contribution in [2.24, 2.45) is 11.1 Å². The molecule has 0 bridgehead atoms. The van der Waals surface area contributed by atoms with Crippen molar-refractivity contribution in [3.63, 3.8) is 0 Å². The first-order valence-electron chi connectivity index (χ1n) is 5.37. The van der Waals surface area contributed by atoms with Crippen LogP contribution in [0.5, 0.6) is 0 Å². The van der Waals surface area contributed by atoms with E-state index in [9.17, 15) is 4.79 Å². The van der Waals surface area contributed by atoms with Crippen molar-refractivity contribution in [3.05, 3.63) is 0 Å². The lowest BCUT2D eigenvalue weighted by Gasteiger charge is -2.49. The average Bonchev–Trinajstić information content (AvgIpc) is 1.97. The fourth-order valence-corrected chi connectivity index (χ4v) is 1.99. The second kappa shape index (κ2) is 3.54. The third-order valence-electron chi connectivity index (χ3n) is 2.69. The second-order valence-electron chi connectivity index (χ2n) is 5.52. The van der Waals surface area contributed by atoms with Crippen molar-refractivity contribution in [2.75, 3.05) is 13.1 Å². The fourth-order valence-electron chi connectivity index (χ4n) is 1.99. The highest BCUT2D eigenvalue weighted by Crippen LogP contribution is 2.28. The van der Waals surface area contributed by atoms with Crippen LogP contribution >= 0.6 is 0 Å². The zero-order chi connectivity index (χ0) is 11.0. The van der Waals surface area contributed by atoms with Crippen LogP contribution in [0.25, 0.3) is 0 Å². The Bertz CT molecular complexity index is 224. The molecule has 1 aliphatic heterocycles. The molecule has 0 spiro atoms. The Morgan fingerprint density at radius 1 is 1.43 bits per heavy atom. The molecule has 14 heavy (non-hydrogen) atoms. The Hall–Kier alpha value is -0.570. The normalized spacial score (nSPS) is 20.5. The van der Waals surface area contributed by atoms with Gasteiger partial charge in [0.1, 0.15) is 0 Å². The van der Waals surface area contributed by atoms with E-state index in [0.717, 1.165) is 25.9 Å². The van der Waals surface area contributed by atoms with Gasteiger partial charge in [0.15, 0.2) is 0 Å². The second-order valence-corrected chi connectivity index (χ2v) is 5.52. The molecule has 3 heteroatoms. The summed E-state index contributed by atoms with van der Waals surface area (Å²) in [5, 5.41) is 0. The molecule has 0 aromatic heterocycles. The summed E-state index contributed by atoms with van der Waals surface area (Å²) in [5.74, 6) is 0.217. The minimum absolute atomic E-state index is 0.102. The molecule has 0 aromatic carbocycles. The summed E-state index contributed by atoms with van der Waals surface area (Å²) in [4.78, 5) is 13.7. The van der Waals surface area contributed by atoms with Crippen LogP contribution in [-0.2, 0) is 4.79 Å². The van der Waals surface area contributed by atoms with Crippen LogP contribution in [0.2, 0.25) is 0 Å². The van der Waals surface area contributed by atoms with Crippen molar-refractivity contribution < 1.29 is 4.79 Å². The van der Waals surface area contributed by atoms with Crippen LogP contribution in [-0.4, -0.2) is 29.4 Å². The van der Waals surface area contributed by atoms with Gasteiger partial charge in [-0.15, -0.1) is 0 Å². The fraction of sp³-hybridized carbons (Fsp3) is 0.909. The predicted molar refractivity (Wildman–Crippen MR) is 57.9 cm³/mol. The minimum Gasteiger partial charge on any atom is -0.338 e. The maximum absolute atomic E-state index is 11.8. The van der Waals surface area contributed by atoms with Gasteiger partial charge in [-0.1, -0.05) is 34.1 Å². The molecule has 1 fully saturated rings. The van der Waals surface area contributed by atoms with E-state index >= 15 is 0 Å². The molecule has 0 aromatic rings. The van der Waals surface area contributed by atoms with E-state index in [2.05, 4.69) is 6.92 Å². The summed E-state index contributed by atoms with van der Waals surface area (Å²) in [7, 11) is 0. The van der Waals surface area contributed by atoms with Gasteiger partial charge in [-0.25, -0.2) is 0 Å². The van der Waals surface area contributed by atoms with Crippen molar-refractivity contribution >= 4 is 5.91 Å². The van der Waals surface area contributed by atoms with E-state index in [1.807, 2.05) is 25.7 Å². The highest BCUT2D eigenvalue weighted by molar-refractivity contribution is 5.82. The minimum atomic E-state index is -0.270. The lowest BCUT2D eigenvalue weighted by molar-refractivity contribution is -0.147. The number of amides is 1. The molecule has 82 valence electrons. The standard InChI is InChI=1S/C11H22N2O/c1-5-6-11(12)7-13(8-11)9(14)10(2,3)4/h5-8,12H2,1-4H3. The van der Waals surface area contributed by atoms with Crippen LogP contribution in [0.15, 0.2) is 0 Å². The molecular formula is C11H22N2O. The van der Waals surface area contributed by atoms with E-state index in [1.165, 1.54) is 0 Å². The molecule has 1 heterocycles. The van der Waals surface area contributed by atoms with Gasteiger partial charge in [0.2, 0.25) is 5.91 Å². The first-order chi connectivity index (χ1) is 6.28. The molecule has 3 nitrogen and oxygen atoms in total. The number of carbonyl (C=O) groups excluding carboxylic acids is 1. The SMILES string of the molecule is CCCC1(N)CN(C(=O)C(C)(C)C)C1. The van der Waals surface area contributed by atoms with Crippen molar-refractivity contribution in [1.29, 1.82) is 0 Å². The van der Waals surface area contributed by atoms with E-state index in [1.54, 1.807) is 0 Å². The summed E-state index contributed by atoms with van der Waals surface area (Å²) in [5.41, 5.74) is 5.72. The van der Waals surface area contributed by atoms with Gasteiger partial charge in [0.25, 0.3) is 0 Å². The first-order valence-corrected chi connectivity index (χ1v) is 5.37. The number of rotatable bonds is 2. The van der Waals surface area contributed by atoms with E-state index in [-0.39, 0.29) is 16.9 Å². The maximum Gasteiger partial charge on any atom is 0.228 e. The Balaban J connectivity index is 2.45. The zero-order valence-corrected chi connectivity index (χ0v) is 9.76. The van der Waals surface area contributed by atoms with Crippen LogP contribution < -0.4 is 5.73 Å². The maximum atomic E-state index is 11.8. The topological polar surface area (TPSA) is 46.3 Å². The van der Waals surface area contributed by atoms with Gasteiger partial charge in [-0.3, -0.25) is 4.79 Å². The van der Waals surface area contributed by atoms with Crippen molar-refractivity contribution in [2.45, 2.75) is 46.1 Å². The molecule has 1 rings (SSSR count). The van der Waals surface area contributed by atoms with Gasteiger partial charge >= 0.3 is 0 Å². The van der Waals surface area contributed by atoms with Crippen LogP contribution in [0, 0.1) is 5.41 Å². The van der Waals surface area contributed by atoms with Crippen LogP contribution in [0.4, 0.5) is 0 Å². The first kappa shape index (κ1) is 11.5. The molecule has 1 amide bonds. The van der Waals surface area contributed by atoms with Gasteiger partial charge < -0.3 is 10.6 Å². The number of carbonyl (C=O) groups is 1. The van der Waals surface area contributed by atoms with Gasteiger partial charge in [0.05, 0.1) is 5.54 Å². The summed E-state index contributed by atoms with van der Waals surface area (Å²) in [6.45, 7) is 9.44. The number of hydrogen-bond donors (Lipinski definition) is 1. The summed E-state index contributed by atoms with van der Waals surface area (Å²) in [6, 6.07) is 0. The smallest absolute Gasteiger partial charge is 0.228 e. The molecule has 0 aliphatic carbocycles. The summed E-state index contributed by atoms with van der Waals surface area (Å²) >= 11 is 0. The Labute approximate surface area is 86.6 Å². The summed E-state index contributed by atoms with van der Waals surface area (Å²) < 4.78 is 0. The number of hydrogen-bond acceptors (Lipinski definition) is 2. The molecule has 1 aliphatic rings. The predicted octanol–water partition coefficient (Wildman–Crippen LogP) is 1.37. The van der Waals surface area contributed by atoms with E-state index in [0.29, 0.717) is 0 Å². The Morgan fingerprint density at radius 3 is 2.29 bits per heavy atom. The average molecular weight is 198 g/mol. The highest BCUT2D eigenvalue weighted by Gasteiger charge is 2.43. The summed E-state index contributed by atoms with van der Waals surface area (Å²) in [6.07, 6.45) is 2.11. The molecule has 1 saturated heterocycles. The lowest BCUT2D eigenvalue weighted by Crippen LogP contribution is -2.69. The van der Waals surface area contributed by atoms with E-state index in [4.69, 9.17) is 5.73 Å². The third-order valence-corrected chi connectivity index (χ3v) is 2.69. The molecule has 0 saturated carbocycles. The number of nitrogens with two attached hydrogens (primary N) is 1. The zero-order valence-electron chi connectivity index (χ0n) is 9.76. The molecule has 2 N–H and O–H groups in total. The highest BCUT2D eigenvalue weighted by atomic mass is 16.2. The molecule has 0 radical (unpaired) electrons. The van der Waals surface area contributed by atoms with Crippen molar-refractivity contribution in [3.8, 4) is 0 Å². The third kappa shape index (κ3) is 2.27. The van der Waals surface area contributed by atoms with Gasteiger partial charge in [-0.05, 0) is 6.42 Å². The van der Waals surface area contributed by atoms with Crippen molar-refractivity contribution in [1.82, 2.24) is 4.90 Å². The molecule has 0 atom stereocenters. The van der Waals surface area contributed by atoms with Gasteiger partial charge in [-0.2, -0.15) is 0 Å². The van der Waals surface area contributed by atoms with Crippen LogP contribution in [0.3, 0.4) is 0 Å². The Kier molecular flexibility index (Phi) is 2.91. The lowest BCUT2D eigenvalue weighted by atomic mass is 9.83. The van der Waals surface area contributed by atoms with Crippen LogP contribution in [0.1, 0.15) is 40.5 Å². The monoisotopic (exact) mass is 198 g/mol. The molecular weight excluding hydrogens is 176 g/mol. The number of nitrogens with zero attached hydrogens (tertiary/aromatic N) is 1. The van der Waals surface area contributed by atoms with E-state index < -0.39 is 0 Å². The largest absolute Gasteiger partial charge is 0.338 e. The quantitative estimate of drug-likeness (QED) is 0.728. The van der Waals surface area contributed by atoms with Gasteiger partial charge in [0, 0.05) is 18.5 Å². The number of likely N-dealkylation sites (tertiary alicyclic amines) is 1. The Morgan fingerprint density at radius 2 is 1.93 bits per heavy atom.